The van der Waals surface area contributed by atoms with Gasteiger partial charge in [0.25, 0.3) is 0 Å². The molecule has 114 valence electrons. The van der Waals surface area contributed by atoms with E-state index in [1.807, 2.05) is 0 Å². The third-order valence-corrected chi connectivity index (χ3v) is 5.90. The number of carbonyl (C=O) groups is 2. The zero-order valence-electron chi connectivity index (χ0n) is 11.8. The number of nitrogens with zero attached hydrogens (tertiary/aromatic N) is 1. The van der Waals surface area contributed by atoms with Crippen molar-refractivity contribution < 1.29 is 9.59 Å². The van der Waals surface area contributed by atoms with Gasteiger partial charge in [-0.15, -0.1) is 0 Å². The second-order valence-corrected chi connectivity index (χ2v) is 7.12. The second-order valence-electron chi connectivity index (χ2n) is 6.31. The van der Waals surface area contributed by atoms with Crippen LogP contribution in [0.5, 0.6) is 0 Å². The Balaban J connectivity index is 1.76. The fourth-order valence-electron chi connectivity index (χ4n) is 4.16. The highest BCUT2D eigenvalue weighted by Gasteiger charge is 2.55. The number of anilines is 1. The molecule has 0 N–H and O–H groups in total. The number of hydrogen-bond donors (Lipinski definition) is 0. The van der Waals surface area contributed by atoms with E-state index in [9.17, 15) is 9.59 Å². The Morgan fingerprint density at radius 1 is 0.909 bits per heavy atom. The molecule has 3 nitrogen and oxygen atoms in total. The summed E-state index contributed by atoms with van der Waals surface area (Å²) >= 11 is 12.0. The van der Waals surface area contributed by atoms with E-state index in [0.29, 0.717) is 15.7 Å². The molecule has 4 atom stereocenters. The summed E-state index contributed by atoms with van der Waals surface area (Å²) in [6.07, 6.45) is 7.35. The van der Waals surface area contributed by atoms with E-state index in [2.05, 4.69) is 12.2 Å². The molecule has 1 saturated carbocycles. The quantitative estimate of drug-likeness (QED) is 0.572. The van der Waals surface area contributed by atoms with Gasteiger partial charge in [0.15, 0.2) is 0 Å². The van der Waals surface area contributed by atoms with Gasteiger partial charge in [-0.25, -0.2) is 4.90 Å². The minimum absolute atomic E-state index is 0.0883. The van der Waals surface area contributed by atoms with Crippen LogP contribution in [0.2, 0.25) is 10.0 Å². The molecular formula is C17H15Cl2NO2. The van der Waals surface area contributed by atoms with Crippen molar-refractivity contribution in [2.75, 3.05) is 4.90 Å². The van der Waals surface area contributed by atoms with Crippen molar-refractivity contribution in [3.05, 3.63) is 40.4 Å². The Morgan fingerprint density at radius 3 is 2.05 bits per heavy atom. The summed E-state index contributed by atoms with van der Waals surface area (Å²) in [7, 11) is 0. The first-order valence-electron chi connectivity index (χ1n) is 7.59. The molecule has 5 heteroatoms. The predicted molar refractivity (Wildman–Crippen MR) is 85.9 cm³/mol. The molecule has 2 amide bonds. The van der Waals surface area contributed by atoms with Gasteiger partial charge in [0.1, 0.15) is 0 Å². The Morgan fingerprint density at radius 2 is 1.50 bits per heavy atom. The first-order valence-corrected chi connectivity index (χ1v) is 8.34. The molecule has 0 unspecified atom stereocenters. The third kappa shape index (κ3) is 1.95. The molecule has 4 aliphatic rings. The van der Waals surface area contributed by atoms with Gasteiger partial charge in [-0.3, -0.25) is 9.59 Å². The maximum absolute atomic E-state index is 12.9. The molecular weight excluding hydrogens is 321 g/mol. The maximum Gasteiger partial charge on any atom is 0.238 e. The zero-order valence-corrected chi connectivity index (χ0v) is 13.3. The number of benzene rings is 1. The fourth-order valence-corrected chi connectivity index (χ4v) is 4.45. The van der Waals surface area contributed by atoms with Gasteiger partial charge in [-0.1, -0.05) is 41.8 Å². The summed E-state index contributed by atoms with van der Waals surface area (Å²) in [5.74, 6) is -0.218. The number of fused-ring (bicyclic) bond motifs is 2. The zero-order chi connectivity index (χ0) is 15.4. The van der Waals surface area contributed by atoms with Gasteiger partial charge in [-0.05, 0) is 42.9 Å². The van der Waals surface area contributed by atoms with Gasteiger partial charge in [0, 0.05) is 0 Å². The van der Waals surface area contributed by atoms with Crippen LogP contribution in [0.3, 0.4) is 0 Å². The van der Waals surface area contributed by atoms with E-state index in [-0.39, 0.29) is 35.5 Å². The van der Waals surface area contributed by atoms with Crippen LogP contribution < -0.4 is 4.90 Å². The van der Waals surface area contributed by atoms with Gasteiger partial charge >= 0.3 is 0 Å². The van der Waals surface area contributed by atoms with Crippen LogP contribution >= 0.6 is 23.2 Å². The van der Waals surface area contributed by atoms with E-state index in [4.69, 9.17) is 23.2 Å². The Hall–Kier alpha value is -1.32. The SMILES string of the molecule is O=C1[C@@H]2[C@H](C(=O)N1c1ccc(Cl)c(Cl)c1)[C@@H]1C=C[C@H]2CCC1. The van der Waals surface area contributed by atoms with Gasteiger partial charge in [0.2, 0.25) is 11.8 Å². The van der Waals surface area contributed by atoms with Crippen LogP contribution in [0.15, 0.2) is 30.4 Å². The van der Waals surface area contributed by atoms with Crippen LogP contribution in [-0.2, 0) is 9.59 Å². The first kappa shape index (κ1) is 14.3. The Bertz CT molecular complexity index is 668. The average molecular weight is 336 g/mol. The van der Waals surface area contributed by atoms with Crippen LogP contribution in [0.25, 0.3) is 0 Å². The van der Waals surface area contributed by atoms with Crippen molar-refractivity contribution in [2.45, 2.75) is 19.3 Å². The minimum atomic E-state index is -0.209. The van der Waals surface area contributed by atoms with E-state index >= 15 is 0 Å². The second kappa shape index (κ2) is 5.10. The molecule has 1 saturated heterocycles. The molecule has 0 radical (unpaired) electrons. The standard InChI is InChI=1S/C17H15Cl2NO2/c18-12-7-6-11(8-13(12)19)20-16(21)14-9-2-1-3-10(5-4-9)15(14)17(20)22/h4-10,14-15H,1-3H2/t9-,10+,14+,15-. The highest BCUT2D eigenvalue weighted by Crippen LogP contribution is 2.49. The number of allylic oxidation sites excluding steroid dienone is 2. The lowest BCUT2D eigenvalue weighted by Crippen LogP contribution is -2.32. The molecule has 5 rings (SSSR count). The van der Waals surface area contributed by atoms with Gasteiger partial charge < -0.3 is 0 Å². The van der Waals surface area contributed by atoms with Crippen molar-refractivity contribution in [1.29, 1.82) is 0 Å². The Kier molecular flexibility index (Phi) is 3.31. The summed E-state index contributed by atoms with van der Waals surface area (Å²) in [6, 6.07) is 4.91. The summed E-state index contributed by atoms with van der Waals surface area (Å²) in [5, 5.41) is 0.772. The average Bonchev–Trinajstić information content (AvgIpc) is 2.71. The summed E-state index contributed by atoms with van der Waals surface area (Å²) in [5.41, 5.74) is 0.525. The number of carbonyl (C=O) groups excluding carboxylic acids is 2. The lowest BCUT2D eigenvalue weighted by Gasteiger charge is -2.27. The van der Waals surface area contributed by atoms with Crippen molar-refractivity contribution >= 4 is 40.7 Å². The fraction of sp³-hybridized carbons (Fsp3) is 0.412. The normalized spacial score (nSPS) is 33.3. The summed E-state index contributed by atoms with van der Waals surface area (Å²) in [4.78, 5) is 27.1. The van der Waals surface area contributed by atoms with Crippen LogP contribution in [-0.4, -0.2) is 11.8 Å². The molecule has 2 bridgehead atoms. The predicted octanol–water partition coefficient (Wildman–Crippen LogP) is 4.09. The number of halogens is 2. The molecule has 0 spiro atoms. The molecule has 22 heavy (non-hydrogen) atoms. The monoisotopic (exact) mass is 335 g/mol. The van der Waals surface area contributed by atoms with Crippen molar-refractivity contribution in [3.8, 4) is 0 Å². The minimum Gasteiger partial charge on any atom is -0.274 e. The van der Waals surface area contributed by atoms with Crippen LogP contribution in [0.4, 0.5) is 5.69 Å². The van der Waals surface area contributed by atoms with E-state index in [1.54, 1.807) is 18.2 Å². The Labute approximate surface area is 138 Å². The maximum atomic E-state index is 12.9. The number of rotatable bonds is 1. The van der Waals surface area contributed by atoms with Crippen molar-refractivity contribution in [1.82, 2.24) is 0 Å². The number of imide groups is 1. The third-order valence-electron chi connectivity index (χ3n) is 5.16. The van der Waals surface area contributed by atoms with Gasteiger partial charge in [-0.2, -0.15) is 0 Å². The molecule has 1 aromatic carbocycles. The first-order chi connectivity index (χ1) is 10.6. The largest absolute Gasteiger partial charge is 0.274 e. The smallest absolute Gasteiger partial charge is 0.238 e. The highest BCUT2D eigenvalue weighted by atomic mass is 35.5. The number of hydrogen-bond acceptors (Lipinski definition) is 2. The molecule has 1 aliphatic heterocycles. The van der Waals surface area contributed by atoms with Crippen molar-refractivity contribution in [2.24, 2.45) is 23.7 Å². The molecule has 3 aliphatic carbocycles. The highest BCUT2D eigenvalue weighted by molar-refractivity contribution is 6.42. The van der Waals surface area contributed by atoms with Crippen molar-refractivity contribution in [3.63, 3.8) is 0 Å². The molecule has 2 fully saturated rings. The lowest BCUT2D eigenvalue weighted by atomic mass is 9.73. The molecule has 1 heterocycles. The van der Waals surface area contributed by atoms with E-state index in [1.165, 1.54) is 4.90 Å². The van der Waals surface area contributed by atoms with Crippen LogP contribution in [0, 0.1) is 23.7 Å². The van der Waals surface area contributed by atoms with E-state index < -0.39 is 0 Å². The summed E-state index contributed by atoms with van der Waals surface area (Å²) < 4.78 is 0. The van der Waals surface area contributed by atoms with Gasteiger partial charge in [0.05, 0.1) is 27.6 Å². The topological polar surface area (TPSA) is 37.4 Å². The summed E-state index contributed by atoms with van der Waals surface area (Å²) in [6.45, 7) is 0. The van der Waals surface area contributed by atoms with Crippen LogP contribution in [0.1, 0.15) is 19.3 Å². The molecule has 0 aromatic heterocycles. The number of amides is 2. The van der Waals surface area contributed by atoms with E-state index in [0.717, 1.165) is 19.3 Å². The lowest BCUT2D eigenvalue weighted by molar-refractivity contribution is -0.122. The molecule has 1 aromatic rings.